The lowest BCUT2D eigenvalue weighted by Gasteiger charge is -2.37. The van der Waals surface area contributed by atoms with Crippen molar-refractivity contribution in [2.24, 2.45) is 11.8 Å². The van der Waals surface area contributed by atoms with Gasteiger partial charge in [0.05, 0.1) is 0 Å². The molecule has 0 bridgehead atoms. The summed E-state index contributed by atoms with van der Waals surface area (Å²) >= 11 is 0. The summed E-state index contributed by atoms with van der Waals surface area (Å²) in [6.07, 6.45) is 4.67. The molecule has 0 aromatic heterocycles. The second-order valence-electron chi connectivity index (χ2n) is 12.6. The fourth-order valence-electron chi connectivity index (χ4n) is 6.22. The van der Waals surface area contributed by atoms with E-state index in [2.05, 4.69) is 106 Å². The van der Waals surface area contributed by atoms with Gasteiger partial charge in [-0.25, -0.2) is 0 Å². The minimum Gasteiger partial charge on any atom is -0.485 e. The molecule has 2 aromatic rings. The molecule has 36 heavy (non-hydrogen) atoms. The van der Waals surface area contributed by atoms with Gasteiger partial charge in [-0.1, -0.05) is 93.5 Å². The molecule has 2 aromatic carbocycles. The van der Waals surface area contributed by atoms with Crippen molar-refractivity contribution in [1.29, 1.82) is 0 Å². The molecule has 0 N–H and O–H groups in total. The van der Waals surface area contributed by atoms with Crippen LogP contribution in [0.15, 0.2) is 36.4 Å². The van der Waals surface area contributed by atoms with Gasteiger partial charge in [0.1, 0.15) is 23.2 Å². The van der Waals surface area contributed by atoms with Gasteiger partial charge in [-0.2, -0.15) is 0 Å². The van der Waals surface area contributed by atoms with E-state index in [4.69, 9.17) is 9.47 Å². The molecule has 0 fully saturated rings. The van der Waals surface area contributed by atoms with Gasteiger partial charge >= 0.3 is 0 Å². The Hall–Kier alpha value is -1.10. The van der Waals surface area contributed by atoms with Gasteiger partial charge in [0.25, 0.3) is 0 Å². The molecule has 0 aliphatic carbocycles. The molecular weight excluding hydrogens is 478 g/mol. The number of ether oxygens (including phenoxy) is 2. The van der Waals surface area contributed by atoms with Crippen molar-refractivity contribution in [2.75, 3.05) is 0 Å². The Morgan fingerprint density at radius 2 is 0.944 bits per heavy atom. The van der Waals surface area contributed by atoms with Crippen LogP contribution in [0.2, 0.25) is 0 Å². The number of hydrogen-bond donors (Lipinski definition) is 0. The van der Waals surface area contributed by atoms with E-state index >= 15 is 0 Å². The van der Waals surface area contributed by atoms with E-state index in [0.717, 1.165) is 11.5 Å². The summed E-state index contributed by atoms with van der Waals surface area (Å²) in [6.45, 7) is 23.8. The lowest BCUT2D eigenvalue weighted by molar-refractivity contribution is 0.210. The molecule has 2 nitrogen and oxygen atoms in total. The van der Waals surface area contributed by atoms with Crippen LogP contribution >= 0.6 is 15.8 Å². The Kier molecular flexibility index (Phi) is 8.20. The molecule has 0 saturated carbocycles. The maximum atomic E-state index is 6.86. The zero-order valence-electron chi connectivity index (χ0n) is 24.3. The molecular formula is C32H48O2P2. The zero-order chi connectivity index (χ0) is 26.4. The Labute approximate surface area is 223 Å². The van der Waals surface area contributed by atoms with E-state index in [1.807, 2.05) is 0 Å². The van der Waals surface area contributed by atoms with Crippen molar-refractivity contribution in [3.05, 3.63) is 36.4 Å². The van der Waals surface area contributed by atoms with E-state index in [-0.39, 0.29) is 10.3 Å². The predicted molar refractivity (Wildman–Crippen MR) is 161 cm³/mol. The average molecular weight is 527 g/mol. The Morgan fingerprint density at radius 3 is 1.22 bits per heavy atom. The fourth-order valence-corrected chi connectivity index (χ4v) is 13.4. The van der Waals surface area contributed by atoms with Crippen LogP contribution in [0.25, 0.3) is 11.1 Å². The second kappa shape index (κ2) is 10.6. The van der Waals surface area contributed by atoms with Crippen LogP contribution in [-0.4, -0.2) is 22.0 Å². The van der Waals surface area contributed by atoms with Gasteiger partial charge in [0.2, 0.25) is 0 Å². The van der Waals surface area contributed by atoms with Crippen LogP contribution in [0.4, 0.5) is 0 Å². The van der Waals surface area contributed by atoms with Crippen LogP contribution in [0, 0.1) is 11.8 Å². The molecule has 0 amide bonds. The fraction of sp³-hybridized carbons (Fsp3) is 0.625. The van der Waals surface area contributed by atoms with Crippen molar-refractivity contribution >= 4 is 26.5 Å². The quantitative estimate of drug-likeness (QED) is 0.335. The monoisotopic (exact) mass is 526 g/mol. The SMILES string of the molecule is CCC(CC)[C@@H]1Oc2cccc(-c3cccc4c3[P@](C(C)(C)C)[C@H](C(CC)CC)O4)c2[P@@]1C(C)(C)C. The highest BCUT2D eigenvalue weighted by Gasteiger charge is 2.48. The smallest absolute Gasteiger partial charge is 0.128 e. The van der Waals surface area contributed by atoms with E-state index in [1.165, 1.54) is 47.4 Å². The predicted octanol–water partition coefficient (Wildman–Crippen LogP) is 9.47. The van der Waals surface area contributed by atoms with Crippen molar-refractivity contribution in [1.82, 2.24) is 0 Å². The number of fused-ring (bicyclic) bond motifs is 2. The van der Waals surface area contributed by atoms with Gasteiger partial charge in [-0.05, 0) is 86.9 Å². The molecule has 2 heterocycles. The summed E-state index contributed by atoms with van der Waals surface area (Å²) in [7, 11) is -0.991. The first-order valence-electron chi connectivity index (χ1n) is 14.2. The highest BCUT2D eigenvalue weighted by molar-refractivity contribution is 7.69. The summed E-state index contributed by atoms with van der Waals surface area (Å²) in [4.78, 5) is 0. The highest BCUT2D eigenvalue weighted by Crippen LogP contribution is 2.65. The Morgan fingerprint density at radius 1 is 0.611 bits per heavy atom. The van der Waals surface area contributed by atoms with Gasteiger partial charge in [0.15, 0.2) is 0 Å². The van der Waals surface area contributed by atoms with Gasteiger partial charge < -0.3 is 9.47 Å². The molecule has 0 spiro atoms. The van der Waals surface area contributed by atoms with E-state index in [9.17, 15) is 0 Å². The number of benzene rings is 2. The molecule has 4 rings (SSSR count). The summed E-state index contributed by atoms with van der Waals surface area (Å²) in [5.74, 6) is 4.01. The summed E-state index contributed by atoms with van der Waals surface area (Å²) < 4.78 is 13.7. The maximum absolute atomic E-state index is 6.86. The number of hydrogen-bond acceptors (Lipinski definition) is 2. The minimum atomic E-state index is -0.495. The van der Waals surface area contributed by atoms with Crippen LogP contribution in [-0.2, 0) is 0 Å². The van der Waals surface area contributed by atoms with Crippen molar-refractivity contribution in [3.8, 4) is 22.6 Å². The Balaban J connectivity index is 1.93. The van der Waals surface area contributed by atoms with Crippen LogP contribution in [0.3, 0.4) is 0 Å². The van der Waals surface area contributed by atoms with E-state index in [0.29, 0.717) is 23.5 Å². The van der Waals surface area contributed by atoms with Crippen molar-refractivity contribution in [2.45, 2.75) is 117 Å². The topological polar surface area (TPSA) is 18.5 Å². The van der Waals surface area contributed by atoms with Gasteiger partial charge in [-0.15, -0.1) is 0 Å². The standard InChI is InChI=1S/C32H48O2P2/c1-11-21(12-2)29-33-25-19-15-17-23(27(25)35(29)31(5,6)7)24-18-16-20-26-28(24)36(32(8,9)10)30(34-26)22(13-3)14-4/h15-22,29-30H,11-14H2,1-10H3/t29-,30-,35-,36+/m1/s1. The van der Waals surface area contributed by atoms with Gasteiger partial charge in [-0.3, -0.25) is 0 Å². The first kappa shape index (κ1) is 27.9. The largest absolute Gasteiger partial charge is 0.485 e. The first-order chi connectivity index (χ1) is 17.0. The molecule has 0 unspecified atom stereocenters. The summed E-state index contributed by atoms with van der Waals surface area (Å²) in [6, 6.07) is 13.6. The lowest BCUT2D eigenvalue weighted by atomic mass is 10.0. The van der Waals surface area contributed by atoms with Gasteiger partial charge in [0, 0.05) is 10.6 Å². The van der Waals surface area contributed by atoms with Crippen molar-refractivity contribution in [3.63, 3.8) is 0 Å². The average Bonchev–Trinajstić information content (AvgIpc) is 3.39. The summed E-state index contributed by atoms with van der Waals surface area (Å²) in [5, 5.41) is 3.32. The number of rotatable bonds is 7. The first-order valence-corrected chi connectivity index (χ1v) is 17.0. The summed E-state index contributed by atoms with van der Waals surface area (Å²) in [5.41, 5.74) is 2.79. The maximum Gasteiger partial charge on any atom is 0.128 e. The molecule has 2 aliphatic rings. The molecule has 0 saturated heterocycles. The van der Waals surface area contributed by atoms with Crippen LogP contribution in [0.5, 0.6) is 11.5 Å². The minimum absolute atomic E-state index is 0.172. The van der Waals surface area contributed by atoms with Crippen LogP contribution in [0.1, 0.15) is 94.9 Å². The third-order valence-electron chi connectivity index (χ3n) is 8.12. The third-order valence-corrected chi connectivity index (χ3v) is 15.0. The Bertz CT molecular complexity index is 971. The zero-order valence-corrected chi connectivity index (χ0v) is 26.1. The molecule has 4 atom stereocenters. The molecule has 2 aliphatic heterocycles. The third kappa shape index (κ3) is 4.87. The molecule has 4 heteroatoms. The highest BCUT2D eigenvalue weighted by atomic mass is 31.1. The van der Waals surface area contributed by atoms with Crippen molar-refractivity contribution < 1.29 is 9.47 Å². The van der Waals surface area contributed by atoms with E-state index < -0.39 is 15.8 Å². The second-order valence-corrected chi connectivity index (χ2v) is 18.6. The van der Waals surface area contributed by atoms with E-state index in [1.54, 1.807) is 0 Å². The molecule has 0 radical (unpaired) electrons. The molecule has 198 valence electrons. The normalized spacial score (nSPS) is 23.6. The van der Waals surface area contributed by atoms with Crippen LogP contribution < -0.4 is 20.1 Å². The lowest BCUT2D eigenvalue weighted by Crippen LogP contribution is -2.31.